The average molecular weight is 361 g/mol. The molecule has 1 aliphatic carbocycles. The molecule has 0 saturated heterocycles. The van der Waals surface area contributed by atoms with Gasteiger partial charge in [0, 0.05) is 18.1 Å². The molecule has 0 bridgehead atoms. The van der Waals surface area contributed by atoms with E-state index in [9.17, 15) is 10.1 Å². The maximum Gasteiger partial charge on any atom is 0.269 e. The van der Waals surface area contributed by atoms with Gasteiger partial charge in [-0.05, 0) is 29.5 Å². The zero-order valence-corrected chi connectivity index (χ0v) is 14.1. The van der Waals surface area contributed by atoms with E-state index in [1.165, 1.54) is 6.07 Å². The number of rotatable bonds is 2. The molecule has 0 unspecified atom stereocenters. The van der Waals surface area contributed by atoms with Crippen LogP contribution >= 0.6 is 23.2 Å². The van der Waals surface area contributed by atoms with Crippen LogP contribution < -0.4 is 5.32 Å². The van der Waals surface area contributed by atoms with Crippen molar-refractivity contribution in [3.63, 3.8) is 0 Å². The molecule has 2 aromatic carbocycles. The highest BCUT2D eigenvalue weighted by Gasteiger charge is 2.39. The van der Waals surface area contributed by atoms with Crippen LogP contribution in [0.5, 0.6) is 0 Å². The molecular formula is C18H14Cl2N2O2. The fourth-order valence-corrected chi connectivity index (χ4v) is 4.15. The minimum Gasteiger partial charge on any atom is -0.376 e. The predicted octanol–water partition coefficient (Wildman–Crippen LogP) is 5.73. The van der Waals surface area contributed by atoms with Gasteiger partial charge in [-0.25, -0.2) is 0 Å². The van der Waals surface area contributed by atoms with Crippen molar-refractivity contribution in [1.29, 1.82) is 0 Å². The molecule has 4 rings (SSSR count). The van der Waals surface area contributed by atoms with Gasteiger partial charge in [0.05, 0.1) is 26.7 Å². The fraction of sp³-hybridized carbons (Fsp3) is 0.222. The molecule has 0 fully saturated rings. The zero-order chi connectivity index (χ0) is 16.8. The van der Waals surface area contributed by atoms with Crippen LogP contribution in [0.4, 0.5) is 11.4 Å². The van der Waals surface area contributed by atoms with Gasteiger partial charge in [-0.15, -0.1) is 0 Å². The Morgan fingerprint density at radius 2 is 2.04 bits per heavy atom. The van der Waals surface area contributed by atoms with E-state index >= 15 is 0 Å². The van der Waals surface area contributed by atoms with Crippen molar-refractivity contribution in [3.05, 3.63) is 79.8 Å². The molecule has 0 saturated carbocycles. The van der Waals surface area contributed by atoms with Crippen molar-refractivity contribution >= 4 is 34.6 Å². The summed E-state index contributed by atoms with van der Waals surface area (Å²) in [6, 6.07) is 10.6. The van der Waals surface area contributed by atoms with Crippen LogP contribution in [-0.2, 0) is 0 Å². The Kier molecular flexibility index (Phi) is 3.74. The Labute approximate surface area is 149 Å². The van der Waals surface area contributed by atoms with Crippen LogP contribution in [0.2, 0.25) is 10.0 Å². The Morgan fingerprint density at radius 3 is 2.83 bits per heavy atom. The second-order valence-electron chi connectivity index (χ2n) is 6.15. The third-order valence-electron chi connectivity index (χ3n) is 4.87. The van der Waals surface area contributed by atoms with Gasteiger partial charge in [0.25, 0.3) is 5.69 Å². The molecule has 6 heteroatoms. The van der Waals surface area contributed by atoms with Gasteiger partial charge in [0.2, 0.25) is 0 Å². The lowest BCUT2D eigenvalue weighted by Crippen LogP contribution is -2.29. The fourth-order valence-electron chi connectivity index (χ4n) is 3.76. The van der Waals surface area contributed by atoms with Crippen molar-refractivity contribution in [2.75, 3.05) is 5.32 Å². The van der Waals surface area contributed by atoms with Crippen molar-refractivity contribution in [2.24, 2.45) is 5.92 Å². The molecule has 24 heavy (non-hydrogen) atoms. The molecule has 0 aromatic heterocycles. The highest BCUT2D eigenvalue weighted by Crippen LogP contribution is 2.52. The SMILES string of the molecule is O=[N+]([O-])c1cccc([C@@H]2Nc3c(ccc(Cl)c3Cl)[C@@H]3C=CC[C@@H]32)c1. The number of halogens is 2. The van der Waals surface area contributed by atoms with E-state index in [0.717, 1.165) is 23.2 Å². The summed E-state index contributed by atoms with van der Waals surface area (Å²) in [5.74, 6) is 0.539. The molecule has 0 radical (unpaired) electrons. The van der Waals surface area contributed by atoms with Gasteiger partial charge >= 0.3 is 0 Å². The Hall–Kier alpha value is -2.04. The molecule has 1 heterocycles. The van der Waals surface area contributed by atoms with E-state index in [-0.39, 0.29) is 22.6 Å². The lowest BCUT2D eigenvalue weighted by atomic mass is 9.77. The Morgan fingerprint density at radius 1 is 1.21 bits per heavy atom. The Bertz CT molecular complexity index is 866. The maximum absolute atomic E-state index is 11.1. The van der Waals surface area contributed by atoms with Gasteiger partial charge in [-0.3, -0.25) is 10.1 Å². The van der Waals surface area contributed by atoms with Crippen LogP contribution in [0.15, 0.2) is 48.6 Å². The van der Waals surface area contributed by atoms with Crippen LogP contribution in [-0.4, -0.2) is 4.92 Å². The zero-order valence-electron chi connectivity index (χ0n) is 12.6. The summed E-state index contributed by atoms with van der Waals surface area (Å²) in [7, 11) is 0. The van der Waals surface area contributed by atoms with Gasteiger partial charge in [-0.2, -0.15) is 0 Å². The molecular weight excluding hydrogens is 347 g/mol. The molecule has 2 aromatic rings. The normalized spacial score (nSPS) is 24.2. The molecule has 0 spiro atoms. The van der Waals surface area contributed by atoms with Gasteiger partial charge in [0.1, 0.15) is 0 Å². The van der Waals surface area contributed by atoms with Crippen LogP contribution in [0.25, 0.3) is 0 Å². The van der Waals surface area contributed by atoms with Crippen molar-refractivity contribution in [2.45, 2.75) is 18.4 Å². The van der Waals surface area contributed by atoms with Crippen molar-refractivity contribution in [3.8, 4) is 0 Å². The monoisotopic (exact) mass is 360 g/mol. The first-order valence-corrected chi connectivity index (χ1v) is 8.47. The van der Waals surface area contributed by atoms with Gasteiger partial charge < -0.3 is 5.32 Å². The van der Waals surface area contributed by atoms with E-state index in [1.807, 2.05) is 18.2 Å². The first kappa shape index (κ1) is 15.5. The predicted molar refractivity (Wildman–Crippen MR) is 95.9 cm³/mol. The molecule has 0 amide bonds. The number of fused-ring (bicyclic) bond motifs is 3. The molecule has 4 nitrogen and oxygen atoms in total. The quantitative estimate of drug-likeness (QED) is 0.422. The lowest BCUT2D eigenvalue weighted by molar-refractivity contribution is -0.384. The first-order valence-electron chi connectivity index (χ1n) is 7.71. The number of nitrogens with zero attached hydrogens (tertiary/aromatic N) is 1. The number of nitrogens with one attached hydrogen (secondary N) is 1. The summed E-state index contributed by atoms with van der Waals surface area (Å²) in [5.41, 5.74) is 2.95. The molecule has 1 aliphatic heterocycles. The van der Waals surface area contributed by atoms with Crippen molar-refractivity contribution in [1.82, 2.24) is 0 Å². The minimum absolute atomic E-state index is 0.0478. The topological polar surface area (TPSA) is 55.2 Å². The molecule has 122 valence electrons. The largest absolute Gasteiger partial charge is 0.376 e. The third-order valence-corrected chi connectivity index (χ3v) is 5.67. The number of anilines is 1. The molecule has 2 aliphatic rings. The van der Waals surface area contributed by atoms with E-state index in [0.29, 0.717) is 16.0 Å². The number of nitro groups is 1. The lowest BCUT2D eigenvalue weighted by Gasteiger charge is -2.38. The average Bonchev–Trinajstić information content (AvgIpc) is 3.07. The second kappa shape index (κ2) is 5.80. The number of hydrogen-bond acceptors (Lipinski definition) is 3. The van der Waals surface area contributed by atoms with Crippen LogP contribution in [0, 0.1) is 16.0 Å². The standard InChI is InChI=1S/C18H14Cl2N2O2/c19-15-8-7-14-12-5-2-6-13(12)17(21-18(14)16(15)20)10-3-1-4-11(9-10)22(23)24/h1-5,7-9,12-13,17,21H,6H2/t12-,13+,17+/m1/s1. The van der Waals surface area contributed by atoms with Crippen LogP contribution in [0.1, 0.15) is 29.5 Å². The summed E-state index contributed by atoms with van der Waals surface area (Å²) >= 11 is 12.6. The summed E-state index contributed by atoms with van der Waals surface area (Å²) in [6.45, 7) is 0. The maximum atomic E-state index is 11.1. The number of benzene rings is 2. The highest BCUT2D eigenvalue weighted by atomic mass is 35.5. The van der Waals surface area contributed by atoms with Gasteiger partial charge in [0.15, 0.2) is 0 Å². The summed E-state index contributed by atoms with van der Waals surface area (Å²) in [6.07, 6.45) is 5.28. The second-order valence-corrected chi connectivity index (χ2v) is 6.94. The van der Waals surface area contributed by atoms with Crippen LogP contribution in [0.3, 0.4) is 0 Å². The third kappa shape index (κ3) is 2.38. The van der Waals surface area contributed by atoms with Gasteiger partial charge in [-0.1, -0.05) is 53.6 Å². The molecule has 1 N–H and O–H groups in total. The summed E-state index contributed by atoms with van der Waals surface area (Å²) in [5, 5.41) is 15.6. The highest BCUT2D eigenvalue weighted by molar-refractivity contribution is 6.43. The minimum atomic E-state index is -0.367. The van der Waals surface area contributed by atoms with E-state index in [1.54, 1.807) is 12.1 Å². The van der Waals surface area contributed by atoms with E-state index < -0.39 is 0 Å². The number of hydrogen-bond donors (Lipinski definition) is 1. The van der Waals surface area contributed by atoms with E-state index in [2.05, 4.69) is 17.5 Å². The number of nitro benzene ring substituents is 1. The smallest absolute Gasteiger partial charge is 0.269 e. The summed E-state index contributed by atoms with van der Waals surface area (Å²) < 4.78 is 0. The molecule has 3 atom stereocenters. The van der Waals surface area contributed by atoms with Crippen molar-refractivity contribution < 1.29 is 4.92 Å². The number of non-ortho nitro benzene ring substituents is 1. The van der Waals surface area contributed by atoms with E-state index in [4.69, 9.17) is 23.2 Å². The first-order chi connectivity index (χ1) is 11.6. The number of allylic oxidation sites excluding steroid dienone is 2. The summed E-state index contributed by atoms with van der Waals surface area (Å²) in [4.78, 5) is 10.7. The Balaban J connectivity index is 1.82.